The lowest BCUT2D eigenvalue weighted by atomic mass is 10.0. The third-order valence-corrected chi connectivity index (χ3v) is 3.17. The SMILES string of the molecule is CC(C)c1ccc(NCC2CC(F)(F)C(=O)O2)cc1. The molecule has 0 saturated carbocycles. The van der Waals surface area contributed by atoms with Gasteiger partial charge in [0, 0.05) is 5.69 Å². The number of esters is 1. The van der Waals surface area contributed by atoms with Gasteiger partial charge in [0.2, 0.25) is 0 Å². The number of carbonyl (C=O) groups excluding carboxylic acids is 1. The molecule has 5 heteroatoms. The maximum absolute atomic E-state index is 13.0. The van der Waals surface area contributed by atoms with Crippen molar-refractivity contribution in [3.63, 3.8) is 0 Å². The minimum absolute atomic E-state index is 0.197. The summed E-state index contributed by atoms with van der Waals surface area (Å²) in [6.45, 7) is 4.40. The Morgan fingerprint density at radius 1 is 1.37 bits per heavy atom. The zero-order valence-corrected chi connectivity index (χ0v) is 11.0. The van der Waals surface area contributed by atoms with E-state index in [0.29, 0.717) is 5.92 Å². The third kappa shape index (κ3) is 3.22. The van der Waals surface area contributed by atoms with Gasteiger partial charge in [0.1, 0.15) is 6.10 Å². The number of nitrogens with one attached hydrogen (secondary N) is 1. The van der Waals surface area contributed by atoms with Gasteiger partial charge in [-0.3, -0.25) is 0 Å². The molecule has 2 rings (SSSR count). The van der Waals surface area contributed by atoms with Gasteiger partial charge >= 0.3 is 11.9 Å². The molecule has 0 aromatic heterocycles. The molecule has 1 atom stereocenters. The highest BCUT2D eigenvalue weighted by Crippen LogP contribution is 2.31. The summed E-state index contributed by atoms with van der Waals surface area (Å²) in [5, 5.41) is 3.00. The fraction of sp³-hybridized carbons (Fsp3) is 0.500. The van der Waals surface area contributed by atoms with E-state index in [0.717, 1.165) is 5.69 Å². The lowest BCUT2D eigenvalue weighted by Crippen LogP contribution is -2.22. The van der Waals surface area contributed by atoms with Crippen LogP contribution < -0.4 is 5.32 Å². The fourth-order valence-electron chi connectivity index (χ4n) is 1.98. The number of hydrogen-bond acceptors (Lipinski definition) is 3. The Kier molecular flexibility index (Phi) is 3.73. The normalized spacial score (nSPS) is 21.5. The highest BCUT2D eigenvalue weighted by Gasteiger charge is 2.50. The lowest BCUT2D eigenvalue weighted by molar-refractivity contribution is -0.158. The fourth-order valence-corrected chi connectivity index (χ4v) is 1.98. The van der Waals surface area contributed by atoms with E-state index < -0.39 is 24.4 Å². The lowest BCUT2D eigenvalue weighted by Gasteiger charge is -2.12. The molecule has 1 fully saturated rings. The van der Waals surface area contributed by atoms with Crippen molar-refractivity contribution in [3.05, 3.63) is 29.8 Å². The van der Waals surface area contributed by atoms with E-state index in [2.05, 4.69) is 23.9 Å². The molecule has 1 N–H and O–H groups in total. The Morgan fingerprint density at radius 3 is 2.47 bits per heavy atom. The number of rotatable bonds is 4. The van der Waals surface area contributed by atoms with Gasteiger partial charge in [-0.25, -0.2) is 4.79 Å². The first-order valence-corrected chi connectivity index (χ1v) is 6.31. The Morgan fingerprint density at radius 2 is 2.00 bits per heavy atom. The second kappa shape index (κ2) is 5.15. The first-order chi connectivity index (χ1) is 8.88. The van der Waals surface area contributed by atoms with Crippen LogP contribution >= 0.6 is 0 Å². The quantitative estimate of drug-likeness (QED) is 0.853. The number of benzene rings is 1. The van der Waals surface area contributed by atoms with E-state index in [4.69, 9.17) is 0 Å². The maximum atomic E-state index is 13.0. The molecular weight excluding hydrogens is 252 g/mol. The van der Waals surface area contributed by atoms with Crippen molar-refractivity contribution in [2.24, 2.45) is 0 Å². The minimum atomic E-state index is -3.34. The van der Waals surface area contributed by atoms with E-state index in [1.54, 1.807) is 0 Å². The van der Waals surface area contributed by atoms with Crippen molar-refractivity contribution >= 4 is 11.7 Å². The number of alkyl halides is 2. The molecule has 3 nitrogen and oxygen atoms in total. The summed E-state index contributed by atoms with van der Waals surface area (Å²) in [6, 6.07) is 7.76. The van der Waals surface area contributed by atoms with Crippen molar-refractivity contribution in [1.29, 1.82) is 0 Å². The Hall–Kier alpha value is -1.65. The molecule has 104 valence electrons. The Balaban J connectivity index is 1.88. The van der Waals surface area contributed by atoms with Crippen LogP contribution in [0, 0.1) is 0 Å². The molecular formula is C14H17F2NO2. The molecule has 0 bridgehead atoms. The van der Waals surface area contributed by atoms with Gasteiger partial charge in [-0.05, 0) is 23.6 Å². The molecule has 1 aromatic carbocycles. The molecule has 1 aliphatic heterocycles. The van der Waals surface area contributed by atoms with E-state index in [1.165, 1.54) is 5.56 Å². The summed E-state index contributed by atoms with van der Waals surface area (Å²) in [5.74, 6) is -4.31. The standard InChI is InChI=1S/C14H17F2NO2/c1-9(2)10-3-5-11(6-4-10)17-8-12-7-14(15,16)13(18)19-12/h3-6,9,12,17H,7-8H2,1-2H3. The average Bonchev–Trinajstić information content (AvgIpc) is 2.61. The Labute approximate surface area is 111 Å². The second-order valence-corrected chi connectivity index (χ2v) is 5.09. The predicted molar refractivity (Wildman–Crippen MR) is 68.5 cm³/mol. The van der Waals surface area contributed by atoms with Crippen LogP contribution in [0.4, 0.5) is 14.5 Å². The van der Waals surface area contributed by atoms with Crippen molar-refractivity contribution < 1.29 is 18.3 Å². The van der Waals surface area contributed by atoms with E-state index in [1.807, 2.05) is 24.3 Å². The molecule has 1 aromatic rings. The minimum Gasteiger partial charge on any atom is -0.456 e. The smallest absolute Gasteiger partial charge is 0.377 e. The summed E-state index contributed by atoms with van der Waals surface area (Å²) in [6.07, 6.45) is -1.32. The third-order valence-electron chi connectivity index (χ3n) is 3.17. The summed E-state index contributed by atoms with van der Waals surface area (Å²) in [7, 11) is 0. The summed E-state index contributed by atoms with van der Waals surface area (Å²) >= 11 is 0. The molecule has 0 aliphatic carbocycles. The number of ether oxygens (including phenoxy) is 1. The van der Waals surface area contributed by atoms with Gasteiger partial charge in [0.15, 0.2) is 0 Å². The van der Waals surface area contributed by atoms with Crippen LogP contribution in [0.15, 0.2) is 24.3 Å². The Bertz CT molecular complexity index is 457. The van der Waals surface area contributed by atoms with Crippen LogP contribution in [0.5, 0.6) is 0 Å². The topological polar surface area (TPSA) is 38.3 Å². The van der Waals surface area contributed by atoms with Crippen LogP contribution in [0.3, 0.4) is 0 Å². The number of anilines is 1. The van der Waals surface area contributed by atoms with E-state index in [9.17, 15) is 13.6 Å². The highest BCUT2D eigenvalue weighted by molar-refractivity contribution is 5.79. The van der Waals surface area contributed by atoms with Crippen LogP contribution in [0.25, 0.3) is 0 Å². The molecule has 0 spiro atoms. The first kappa shape index (κ1) is 13.8. The molecule has 1 unspecified atom stereocenters. The number of halogens is 2. The number of cyclic esters (lactones) is 1. The number of carbonyl (C=O) groups is 1. The maximum Gasteiger partial charge on any atom is 0.377 e. The van der Waals surface area contributed by atoms with Crippen LogP contribution in [-0.4, -0.2) is 24.5 Å². The zero-order chi connectivity index (χ0) is 14.0. The van der Waals surface area contributed by atoms with Gasteiger partial charge in [0.25, 0.3) is 0 Å². The second-order valence-electron chi connectivity index (χ2n) is 5.09. The van der Waals surface area contributed by atoms with Crippen molar-refractivity contribution in [3.8, 4) is 0 Å². The highest BCUT2D eigenvalue weighted by atomic mass is 19.3. The van der Waals surface area contributed by atoms with Gasteiger partial charge < -0.3 is 10.1 Å². The molecule has 1 aliphatic rings. The van der Waals surface area contributed by atoms with Gasteiger partial charge in [-0.1, -0.05) is 26.0 Å². The van der Waals surface area contributed by atoms with Gasteiger partial charge in [0.05, 0.1) is 13.0 Å². The van der Waals surface area contributed by atoms with Crippen LogP contribution in [-0.2, 0) is 9.53 Å². The average molecular weight is 269 g/mol. The van der Waals surface area contributed by atoms with E-state index >= 15 is 0 Å². The van der Waals surface area contributed by atoms with Crippen LogP contribution in [0.2, 0.25) is 0 Å². The molecule has 0 amide bonds. The van der Waals surface area contributed by atoms with Gasteiger partial charge in [-0.15, -0.1) is 0 Å². The summed E-state index contributed by atoms with van der Waals surface area (Å²) < 4.78 is 30.5. The predicted octanol–water partition coefficient (Wildman–Crippen LogP) is 3.17. The van der Waals surface area contributed by atoms with E-state index in [-0.39, 0.29) is 6.54 Å². The largest absolute Gasteiger partial charge is 0.456 e. The molecule has 1 saturated heterocycles. The van der Waals surface area contributed by atoms with Crippen molar-refractivity contribution in [2.45, 2.75) is 38.2 Å². The van der Waals surface area contributed by atoms with Crippen molar-refractivity contribution in [2.75, 3.05) is 11.9 Å². The number of hydrogen-bond donors (Lipinski definition) is 1. The van der Waals surface area contributed by atoms with Crippen LogP contribution in [0.1, 0.15) is 31.7 Å². The first-order valence-electron chi connectivity index (χ1n) is 6.31. The summed E-state index contributed by atoms with van der Waals surface area (Å²) in [5.41, 5.74) is 2.04. The molecule has 1 heterocycles. The van der Waals surface area contributed by atoms with Crippen molar-refractivity contribution in [1.82, 2.24) is 0 Å². The molecule has 0 radical (unpaired) electrons. The van der Waals surface area contributed by atoms with Gasteiger partial charge in [-0.2, -0.15) is 8.78 Å². The zero-order valence-electron chi connectivity index (χ0n) is 11.0. The monoisotopic (exact) mass is 269 g/mol. The molecule has 19 heavy (non-hydrogen) atoms. The summed E-state index contributed by atoms with van der Waals surface area (Å²) in [4.78, 5) is 10.8.